The topological polar surface area (TPSA) is 96.5 Å². The average Bonchev–Trinajstić information content (AvgIpc) is 3.55. The molecular formula is C21H21N3O4S. The highest BCUT2D eigenvalue weighted by molar-refractivity contribution is 7.80. The normalized spacial score (nSPS) is 12.6. The largest absolute Gasteiger partial charge is 0.465 e. The van der Waals surface area contributed by atoms with Gasteiger partial charge in [0, 0.05) is 22.9 Å². The van der Waals surface area contributed by atoms with Gasteiger partial charge in [-0.25, -0.2) is 4.79 Å². The Balaban J connectivity index is 1.63. The molecule has 8 heteroatoms. The standard InChI is InChI=1S/C21H21N3O4S/c1-12-6-9-16(11-17(12)23-18(25)13-7-8-13)22-21(29)24-19(26)14-4-3-5-15(10-14)20(27)28-2/h3-6,9-11,13H,7-8H2,1-2H3,(H,23,25)(H2,22,24,26,29). The van der Waals surface area contributed by atoms with E-state index in [4.69, 9.17) is 12.2 Å². The second kappa shape index (κ2) is 8.83. The summed E-state index contributed by atoms with van der Waals surface area (Å²) >= 11 is 5.21. The number of anilines is 2. The number of carbonyl (C=O) groups is 3. The number of aryl methyl sites for hydroxylation is 1. The molecule has 1 aliphatic carbocycles. The number of carbonyl (C=O) groups excluding carboxylic acids is 3. The summed E-state index contributed by atoms with van der Waals surface area (Å²) < 4.78 is 4.66. The van der Waals surface area contributed by atoms with Crippen LogP contribution in [-0.4, -0.2) is 30.0 Å². The molecule has 7 nitrogen and oxygen atoms in total. The Kier molecular flexibility index (Phi) is 6.23. The highest BCUT2D eigenvalue weighted by Crippen LogP contribution is 2.31. The molecule has 0 aromatic heterocycles. The third-order valence-electron chi connectivity index (χ3n) is 4.47. The summed E-state index contributed by atoms with van der Waals surface area (Å²) in [5, 5.41) is 8.53. The number of ether oxygens (including phenoxy) is 1. The van der Waals surface area contributed by atoms with Crippen molar-refractivity contribution < 1.29 is 19.1 Å². The van der Waals surface area contributed by atoms with E-state index in [0.29, 0.717) is 11.4 Å². The van der Waals surface area contributed by atoms with Gasteiger partial charge in [0.15, 0.2) is 5.11 Å². The quantitative estimate of drug-likeness (QED) is 0.516. The van der Waals surface area contributed by atoms with E-state index < -0.39 is 11.9 Å². The summed E-state index contributed by atoms with van der Waals surface area (Å²) in [5.74, 6) is -0.859. The van der Waals surface area contributed by atoms with Crippen molar-refractivity contribution in [3.63, 3.8) is 0 Å². The summed E-state index contributed by atoms with van der Waals surface area (Å²) in [6, 6.07) is 11.6. The van der Waals surface area contributed by atoms with Crippen LogP contribution in [0.25, 0.3) is 0 Å². The number of nitrogens with one attached hydrogen (secondary N) is 3. The molecule has 1 aliphatic rings. The third-order valence-corrected chi connectivity index (χ3v) is 4.68. The molecule has 1 saturated carbocycles. The molecule has 0 bridgehead atoms. The van der Waals surface area contributed by atoms with Gasteiger partial charge in [0.05, 0.1) is 12.7 Å². The van der Waals surface area contributed by atoms with Crippen molar-refractivity contribution >= 4 is 46.5 Å². The molecule has 0 unspecified atom stereocenters. The summed E-state index contributed by atoms with van der Waals surface area (Å²) in [6.45, 7) is 1.90. The molecule has 3 N–H and O–H groups in total. The van der Waals surface area contributed by atoms with Crippen molar-refractivity contribution in [1.82, 2.24) is 5.32 Å². The van der Waals surface area contributed by atoms with Gasteiger partial charge in [-0.3, -0.25) is 14.9 Å². The lowest BCUT2D eigenvalue weighted by molar-refractivity contribution is -0.117. The maximum Gasteiger partial charge on any atom is 0.337 e. The fraction of sp³-hybridized carbons (Fsp3) is 0.238. The number of hydrogen-bond donors (Lipinski definition) is 3. The first kappa shape index (κ1) is 20.5. The highest BCUT2D eigenvalue weighted by Gasteiger charge is 2.29. The second-order valence-corrected chi connectivity index (χ2v) is 7.18. The third kappa shape index (κ3) is 5.39. The van der Waals surface area contributed by atoms with Crippen LogP contribution < -0.4 is 16.0 Å². The van der Waals surface area contributed by atoms with Crippen LogP contribution >= 0.6 is 12.2 Å². The number of benzene rings is 2. The predicted molar refractivity (Wildman–Crippen MR) is 114 cm³/mol. The van der Waals surface area contributed by atoms with Crippen molar-refractivity contribution in [2.24, 2.45) is 5.92 Å². The van der Waals surface area contributed by atoms with Gasteiger partial charge in [0.25, 0.3) is 5.91 Å². The van der Waals surface area contributed by atoms with Gasteiger partial charge in [-0.1, -0.05) is 12.1 Å². The Bertz CT molecular complexity index is 986. The molecule has 0 atom stereocenters. The number of methoxy groups -OCH3 is 1. The van der Waals surface area contributed by atoms with E-state index in [1.165, 1.54) is 13.2 Å². The van der Waals surface area contributed by atoms with E-state index in [0.717, 1.165) is 18.4 Å². The van der Waals surface area contributed by atoms with Crippen LogP contribution in [-0.2, 0) is 9.53 Å². The van der Waals surface area contributed by atoms with Crippen LogP contribution in [0, 0.1) is 12.8 Å². The van der Waals surface area contributed by atoms with E-state index >= 15 is 0 Å². The van der Waals surface area contributed by atoms with E-state index in [1.54, 1.807) is 30.3 Å². The molecule has 150 valence electrons. The number of thiocarbonyl (C=S) groups is 1. The zero-order valence-corrected chi connectivity index (χ0v) is 16.9. The molecule has 3 rings (SSSR count). The Morgan fingerprint density at radius 2 is 1.76 bits per heavy atom. The van der Waals surface area contributed by atoms with Crippen molar-refractivity contribution in [2.45, 2.75) is 19.8 Å². The van der Waals surface area contributed by atoms with Crippen LogP contribution in [0.3, 0.4) is 0 Å². The van der Waals surface area contributed by atoms with Crippen LogP contribution in [0.5, 0.6) is 0 Å². The predicted octanol–water partition coefficient (Wildman–Crippen LogP) is 3.26. The number of hydrogen-bond acceptors (Lipinski definition) is 5. The first-order valence-electron chi connectivity index (χ1n) is 9.09. The monoisotopic (exact) mass is 411 g/mol. The molecule has 1 fully saturated rings. The van der Waals surface area contributed by atoms with Crippen molar-refractivity contribution in [3.05, 3.63) is 59.2 Å². The van der Waals surface area contributed by atoms with Gasteiger partial charge in [0.1, 0.15) is 0 Å². The van der Waals surface area contributed by atoms with Crippen LogP contribution in [0.1, 0.15) is 39.1 Å². The number of rotatable bonds is 5. The van der Waals surface area contributed by atoms with E-state index in [-0.39, 0.29) is 28.1 Å². The van der Waals surface area contributed by atoms with Crippen molar-refractivity contribution in [1.29, 1.82) is 0 Å². The molecule has 0 radical (unpaired) electrons. The molecule has 2 aromatic rings. The Hall–Kier alpha value is -3.26. The first-order valence-corrected chi connectivity index (χ1v) is 9.50. The number of amides is 2. The number of esters is 1. The smallest absolute Gasteiger partial charge is 0.337 e. The maximum absolute atomic E-state index is 12.4. The lowest BCUT2D eigenvalue weighted by Gasteiger charge is -2.13. The lowest BCUT2D eigenvalue weighted by Crippen LogP contribution is -2.34. The molecule has 0 saturated heterocycles. The Morgan fingerprint density at radius 1 is 1.03 bits per heavy atom. The minimum absolute atomic E-state index is 0.0200. The van der Waals surface area contributed by atoms with Crippen molar-refractivity contribution in [3.8, 4) is 0 Å². The van der Waals surface area contributed by atoms with Crippen LogP contribution in [0.4, 0.5) is 11.4 Å². The molecule has 29 heavy (non-hydrogen) atoms. The van der Waals surface area contributed by atoms with Gasteiger partial charge < -0.3 is 15.4 Å². The van der Waals surface area contributed by atoms with Crippen LogP contribution in [0.15, 0.2) is 42.5 Å². The van der Waals surface area contributed by atoms with Gasteiger partial charge in [-0.05, 0) is 67.9 Å². The Morgan fingerprint density at radius 3 is 2.45 bits per heavy atom. The molecule has 2 amide bonds. The summed E-state index contributed by atoms with van der Waals surface area (Å²) in [5.41, 5.74) is 2.81. The lowest BCUT2D eigenvalue weighted by atomic mass is 10.1. The highest BCUT2D eigenvalue weighted by atomic mass is 32.1. The Labute approximate surface area is 173 Å². The van der Waals surface area contributed by atoms with E-state index in [2.05, 4.69) is 20.7 Å². The minimum Gasteiger partial charge on any atom is -0.465 e. The zero-order chi connectivity index (χ0) is 21.0. The summed E-state index contributed by atoms with van der Waals surface area (Å²) in [7, 11) is 1.27. The zero-order valence-electron chi connectivity index (χ0n) is 16.1. The fourth-order valence-corrected chi connectivity index (χ4v) is 2.87. The summed E-state index contributed by atoms with van der Waals surface area (Å²) in [6.07, 6.45) is 1.85. The van der Waals surface area contributed by atoms with Gasteiger partial charge in [-0.15, -0.1) is 0 Å². The molecule has 0 aliphatic heterocycles. The van der Waals surface area contributed by atoms with E-state index in [1.807, 2.05) is 13.0 Å². The summed E-state index contributed by atoms with van der Waals surface area (Å²) in [4.78, 5) is 36.0. The molecule has 2 aromatic carbocycles. The fourth-order valence-electron chi connectivity index (χ4n) is 2.66. The molecule has 0 spiro atoms. The maximum atomic E-state index is 12.4. The van der Waals surface area contributed by atoms with Crippen LogP contribution in [0.2, 0.25) is 0 Å². The van der Waals surface area contributed by atoms with Gasteiger partial charge >= 0.3 is 5.97 Å². The van der Waals surface area contributed by atoms with Crippen molar-refractivity contribution in [2.75, 3.05) is 17.7 Å². The average molecular weight is 411 g/mol. The molecular weight excluding hydrogens is 390 g/mol. The van der Waals surface area contributed by atoms with Gasteiger partial charge in [-0.2, -0.15) is 0 Å². The van der Waals surface area contributed by atoms with Gasteiger partial charge in [0.2, 0.25) is 5.91 Å². The SMILES string of the molecule is COC(=O)c1cccc(C(=O)NC(=S)Nc2ccc(C)c(NC(=O)C3CC3)c2)c1. The van der Waals surface area contributed by atoms with E-state index in [9.17, 15) is 14.4 Å². The molecule has 0 heterocycles. The first-order chi connectivity index (χ1) is 13.9. The minimum atomic E-state index is -0.527. The second-order valence-electron chi connectivity index (χ2n) is 6.77.